The molecule has 1 aliphatic heterocycles. The second-order valence-corrected chi connectivity index (χ2v) is 6.83. The Morgan fingerprint density at radius 1 is 1.21 bits per heavy atom. The van der Waals surface area contributed by atoms with Crippen LogP contribution in [0, 0.1) is 0 Å². The maximum absolute atomic E-state index is 12.4. The summed E-state index contributed by atoms with van der Waals surface area (Å²) in [6, 6.07) is 17.2. The molecule has 0 spiro atoms. The van der Waals surface area contributed by atoms with Gasteiger partial charge in [0.15, 0.2) is 0 Å². The molecule has 1 aliphatic rings. The molecule has 2 aromatic carbocycles. The van der Waals surface area contributed by atoms with Crippen LogP contribution in [0.5, 0.6) is 0 Å². The van der Waals surface area contributed by atoms with Crippen molar-refractivity contribution in [2.24, 2.45) is 0 Å². The van der Waals surface area contributed by atoms with Crippen molar-refractivity contribution in [3.05, 3.63) is 65.7 Å². The van der Waals surface area contributed by atoms with Crippen LogP contribution in [0.2, 0.25) is 0 Å². The van der Waals surface area contributed by atoms with E-state index in [1.54, 1.807) is 0 Å². The fourth-order valence-corrected chi connectivity index (χ4v) is 3.25. The van der Waals surface area contributed by atoms with Crippen LogP contribution in [0.3, 0.4) is 0 Å². The number of nitrogens with zero attached hydrogens (tertiary/aromatic N) is 1. The largest absolute Gasteiger partial charge is 0.389 e. The topological polar surface area (TPSA) is 52.6 Å². The van der Waals surface area contributed by atoms with E-state index in [1.807, 2.05) is 61.5 Å². The first-order chi connectivity index (χ1) is 11.5. The maximum atomic E-state index is 12.4. The smallest absolute Gasteiger partial charge is 0.255 e. The normalized spacial score (nSPS) is 21.4. The Morgan fingerprint density at radius 3 is 2.75 bits per heavy atom. The highest BCUT2D eigenvalue weighted by Gasteiger charge is 2.28. The zero-order valence-electron chi connectivity index (χ0n) is 14.0. The standard InChI is InChI=1S/C20H24N2O2/c1-20(24)11-6-12-22(15-20)14-16-7-5-8-17(13-16)19(23)21-18-9-3-2-4-10-18/h2-5,7-10,13,24H,6,11-12,14-15H2,1H3,(H,21,23). The SMILES string of the molecule is CC1(O)CCCN(Cc2cccc(C(=O)Nc3ccccc3)c2)C1. The van der Waals surface area contributed by atoms with Crippen LogP contribution in [-0.4, -0.2) is 34.6 Å². The highest BCUT2D eigenvalue weighted by atomic mass is 16.3. The quantitative estimate of drug-likeness (QED) is 0.907. The van der Waals surface area contributed by atoms with Gasteiger partial charge < -0.3 is 10.4 Å². The van der Waals surface area contributed by atoms with Crippen molar-refractivity contribution >= 4 is 11.6 Å². The molecule has 3 rings (SSSR count). The lowest BCUT2D eigenvalue weighted by Gasteiger charge is -2.36. The summed E-state index contributed by atoms with van der Waals surface area (Å²) >= 11 is 0. The van der Waals surface area contributed by atoms with Gasteiger partial charge in [-0.1, -0.05) is 30.3 Å². The lowest BCUT2D eigenvalue weighted by Crippen LogP contribution is -2.45. The monoisotopic (exact) mass is 324 g/mol. The molecule has 0 aromatic heterocycles. The van der Waals surface area contributed by atoms with Crippen LogP contribution < -0.4 is 5.32 Å². The van der Waals surface area contributed by atoms with E-state index in [4.69, 9.17) is 0 Å². The molecular formula is C20H24N2O2. The zero-order chi connectivity index (χ0) is 17.0. The number of benzene rings is 2. The van der Waals surface area contributed by atoms with Crippen LogP contribution in [0.15, 0.2) is 54.6 Å². The Bertz CT molecular complexity index is 698. The van der Waals surface area contributed by atoms with Crippen molar-refractivity contribution in [1.29, 1.82) is 0 Å². The molecule has 2 N–H and O–H groups in total. The van der Waals surface area contributed by atoms with Crippen LogP contribution in [0.1, 0.15) is 35.7 Å². The fourth-order valence-electron chi connectivity index (χ4n) is 3.25. The molecule has 0 aliphatic carbocycles. The average molecular weight is 324 g/mol. The van der Waals surface area contributed by atoms with E-state index in [0.717, 1.165) is 37.2 Å². The fraction of sp³-hybridized carbons (Fsp3) is 0.350. The molecular weight excluding hydrogens is 300 g/mol. The average Bonchev–Trinajstić information content (AvgIpc) is 2.55. The summed E-state index contributed by atoms with van der Waals surface area (Å²) in [5.74, 6) is -0.103. The number of hydrogen-bond acceptors (Lipinski definition) is 3. The van der Waals surface area contributed by atoms with Gasteiger partial charge in [0, 0.05) is 24.3 Å². The third-order valence-corrected chi connectivity index (χ3v) is 4.38. The van der Waals surface area contributed by atoms with E-state index < -0.39 is 5.60 Å². The van der Waals surface area contributed by atoms with Crippen molar-refractivity contribution in [1.82, 2.24) is 4.90 Å². The predicted molar refractivity (Wildman–Crippen MR) is 96.0 cm³/mol. The van der Waals surface area contributed by atoms with Crippen molar-refractivity contribution in [3.8, 4) is 0 Å². The Labute approximate surface area is 143 Å². The number of carbonyl (C=O) groups is 1. The van der Waals surface area contributed by atoms with E-state index in [1.165, 1.54) is 0 Å². The Balaban J connectivity index is 1.66. The Kier molecular flexibility index (Phi) is 4.97. The number of β-amino-alcohol motifs (C(OH)–C–C–N with tert-alkyl or cyclic N) is 1. The molecule has 24 heavy (non-hydrogen) atoms. The third kappa shape index (κ3) is 4.43. The molecule has 1 saturated heterocycles. The number of anilines is 1. The van der Waals surface area contributed by atoms with Crippen molar-refractivity contribution in [3.63, 3.8) is 0 Å². The first kappa shape index (κ1) is 16.7. The number of rotatable bonds is 4. The molecule has 126 valence electrons. The lowest BCUT2D eigenvalue weighted by molar-refractivity contribution is -0.0181. The summed E-state index contributed by atoms with van der Waals surface area (Å²) in [7, 11) is 0. The van der Waals surface area contributed by atoms with Gasteiger partial charge >= 0.3 is 0 Å². The van der Waals surface area contributed by atoms with Gasteiger partial charge in [0.1, 0.15) is 0 Å². The lowest BCUT2D eigenvalue weighted by atomic mass is 9.95. The van der Waals surface area contributed by atoms with Gasteiger partial charge in [-0.05, 0) is 56.1 Å². The van der Waals surface area contributed by atoms with Gasteiger partial charge in [-0.15, -0.1) is 0 Å². The number of hydrogen-bond donors (Lipinski definition) is 2. The number of aliphatic hydroxyl groups is 1. The van der Waals surface area contributed by atoms with Gasteiger partial charge in [0.05, 0.1) is 5.60 Å². The molecule has 0 bridgehead atoms. The summed E-state index contributed by atoms with van der Waals surface area (Å²) in [4.78, 5) is 14.6. The number of nitrogens with one attached hydrogen (secondary N) is 1. The van der Waals surface area contributed by atoms with Gasteiger partial charge in [0.25, 0.3) is 5.91 Å². The predicted octanol–water partition coefficient (Wildman–Crippen LogP) is 3.29. The van der Waals surface area contributed by atoms with Crippen molar-refractivity contribution in [2.75, 3.05) is 18.4 Å². The van der Waals surface area contributed by atoms with Gasteiger partial charge in [-0.2, -0.15) is 0 Å². The Hall–Kier alpha value is -2.17. The number of para-hydroxylation sites is 1. The van der Waals surface area contributed by atoms with Crippen molar-refractivity contribution < 1.29 is 9.90 Å². The first-order valence-electron chi connectivity index (χ1n) is 8.42. The van der Waals surface area contributed by atoms with E-state index in [-0.39, 0.29) is 5.91 Å². The van der Waals surface area contributed by atoms with Crippen LogP contribution >= 0.6 is 0 Å². The van der Waals surface area contributed by atoms with Crippen molar-refractivity contribution in [2.45, 2.75) is 31.9 Å². The zero-order valence-corrected chi connectivity index (χ0v) is 14.0. The van der Waals surface area contributed by atoms with Gasteiger partial charge in [-0.25, -0.2) is 0 Å². The molecule has 1 heterocycles. The van der Waals surface area contributed by atoms with E-state index in [2.05, 4.69) is 10.2 Å². The number of carbonyl (C=O) groups excluding carboxylic acids is 1. The van der Waals surface area contributed by atoms with Gasteiger partial charge in [0.2, 0.25) is 0 Å². The third-order valence-electron chi connectivity index (χ3n) is 4.38. The van der Waals surface area contributed by atoms with E-state index in [0.29, 0.717) is 12.1 Å². The van der Waals surface area contributed by atoms with Crippen LogP contribution in [0.4, 0.5) is 5.69 Å². The second-order valence-electron chi connectivity index (χ2n) is 6.83. The first-order valence-corrected chi connectivity index (χ1v) is 8.42. The van der Waals surface area contributed by atoms with Gasteiger partial charge in [-0.3, -0.25) is 9.69 Å². The molecule has 1 amide bonds. The minimum absolute atomic E-state index is 0.103. The highest BCUT2D eigenvalue weighted by molar-refractivity contribution is 6.04. The van der Waals surface area contributed by atoms with E-state index in [9.17, 15) is 9.90 Å². The molecule has 4 heteroatoms. The molecule has 1 unspecified atom stereocenters. The highest BCUT2D eigenvalue weighted by Crippen LogP contribution is 2.22. The second kappa shape index (κ2) is 7.16. The molecule has 1 fully saturated rings. The minimum atomic E-state index is -0.611. The maximum Gasteiger partial charge on any atom is 0.255 e. The summed E-state index contributed by atoms with van der Waals surface area (Å²) in [5, 5.41) is 13.1. The summed E-state index contributed by atoms with van der Waals surface area (Å²) in [6.07, 6.45) is 1.85. The Morgan fingerprint density at radius 2 is 2.00 bits per heavy atom. The molecule has 0 saturated carbocycles. The number of piperidine rings is 1. The molecule has 0 radical (unpaired) electrons. The minimum Gasteiger partial charge on any atom is -0.389 e. The number of likely N-dealkylation sites (tertiary alicyclic amines) is 1. The van der Waals surface area contributed by atoms with Crippen LogP contribution in [0.25, 0.3) is 0 Å². The van der Waals surface area contributed by atoms with E-state index >= 15 is 0 Å². The molecule has 1 atom stereocenters. The summed E-state index contributed by atoms with van der Waals surface area (Å²) in [5.41, 5.74) is 1.93. The summed E-state index contributed by atoms with van der Waals surface area (Å²) in [6.45, 7) is 4.30. The molecule has 4 nitrogen and oxygen atoms in total. The summed E-state index contributed by atoms with van der Waals surface area (Å²) < 4.78 is 0. The molecule has 2 aromatic rings. The van der Waals surface area contributed by atoms with Crippen LogP contribution in [-0.2, 0) is 6.54 Å². The number of amides is 1.